The third-order valence-electron chi connectivity index (χ3n) is 3.56. The molecule has 0 radical (unpaired) electrons. The predicted octanol–water partition coefficient (Wildman–Crippen LogP) is -0.293. The van der Waals surface area contributed by atoms with Gasteiger partial charge in [-0.25, -0.2) is 22.0 Å². The van der Waals surface area contributed by atoms with Gasteiger partial charge in [0.25, 0.3) is 0 Å². The Balaban J connectivity index is 2.36. The summed E-state index contributed by atoms with van der Waals surface area (Å²) in [5.74, 6) is 0. The van der Waals surface area contributed by atoms with E-state index in [2.05, 4.69) is 5.32 Å². The third kappa shape index (κ3) is 3.61. The minimum absolute atomic E-state index is 0.0502. The molecule has 21 heavy (non-hydrogen) atoms. The fraction of sp³-hybridized carbons (Fsp3) is 0.500. The molecule has 3 N–H and O–H groups in total. The molecule has 9 heteroatoms. The molecule has 1 heterocycles. The van der Waals surface area contributed by atoms with Crippen LogP contribution in [0.3, 0.4) is 0 Å². The molecule has 7 nitrogen and oxygen atoms in total. The lowest BCUT2D eigenvalue weighted by Gasteiger charge is -2.31. The van der Waals surface area contributed by atoms with Gasteiger partial charge >= 0.3 is 0 Å². The normalized spacial score (nSPS) is 21.3. The summed E-state index contributed by atoms with van der Waals surface area (Å²) in [6.45, 7) is 0.804. The number of rotatable bonds is 4. The second-order valence-corrected chi connectivity index (χ2v) is 8.51. The van der Waals surface area contributed by atoms with Crippen LogP contribution in [0.2, 0.25) is 0 Å². The van der Waals surface area contributed by atoms with Gasteiger partial charge in [0.1, 0.15) is 0 Å². The summed E-state index contributed by atoms with van der Waals surface area (Å²) in [5.41, 5.74) is 0. The summed E-state index contributed by atoms with van der Waals surface area (Å²) in [6.07, 6.45) is 1.68. The highest BCUT2D eigenvalue weighted by Crippen LogP contribution is 2.22. The zero-order chi connectivity index (χ0) is 15.7. The van der Waals surface area contributed by atoms with Crippen LogP contribution in [0.15, 0.2) is 34.1 Å². The monoisotopic (exact) mass is 333 g/mol. The molecule has 2 rings (SSSR count). The minimum atomic E-state index is -3.93. The lowest BCUT2D eigenvalue weighted by Crippen LogP contribution is -2.46. The molecule has 1 aromatic rings. The first-order valence-electron chi connectivity index (χ1n) is 6.55. The highest BCUT2D eigenvalue weighted by molar-refractivity contribution is 7.90. The maximum Gasteiger partial charge on any atom is 0.243 e. The number of nitrogens with one attached hydrogen (secondary N) is 1. The Morgan fingerprint density at radius 3 is 2.52 bits per heavy atom. The molecule has 0 spiro atoms. The molecule has 1 aromatic carbocycles. The molecule has 1 saturated heterocycles. The standard InChI is InChI=1S/C12H19N3O4S2/c1-14-10-4-3-7-15(9-10)21(18,19)12-6-2-5-11(8-12)20(13,16)17/h2,5-6,8,10,14H,3-4,7,9H2,1H3,(H2,13,16,17)/t10-/m1/s1. The Morgan fingerprint density at radius 2 is 1.90 bits per heavy atom. The number of piperidine rings is 1. The maximum absolute atomic E-state index is 12.6. The highest BCUT2D eigenvalue weighted by Gasteiger charge is 2.30. The molecule has 0 saturated carbocycles. The highest BCUT2D eigenvalue weighted by atomic mass is 32.2. The van der Waals surface area contributed by atoms with Crippen molar-refractivity contribution in [1.82, 2.24) is 9.62 Å². The Hall–Kier alpha value is -1.00. The smallest absolute Gasteiger partial charge is 0.243 e. The van der Waals surface area contributed by atoms with E-state index in [4.69, 9.17) is 5.14 Å². The van der Waals surface area contributed by atoms with Crippen molar-refractivity contribution >= 4 is 20.0 Å². The summed E-state index contributed by atoms with van der Waals surface area (Å²) in [4.78, 5) is -0.253. The quantitative estimate of drug-likeness (QED) is 0.786. The average molecular weight is 333 g/mol. The first kappa shape index (κ1) is 16.4. The number of nitrogens with zero attached hydrogens (tertiary/aromatic N) is 1. The third-order valence-corrected chi connectivity index (χ3v) is 6.34. The first-order chi connectivity index (χ1) is 9.75. The van der Waals surface area contributed by atoms with Crippen molar-refractivity contribution in [3.8, 4) is 0 Å². The van der Waals surface area contributed by atoms with Gasteiger partial charge in [0.15, 0.2) is 0 Å². The lowest BCUT2D eigenvalue weighted by molar-refractivity contribution is 0.293. The van der Waals surface area contributed by atoms with Crippen LogP contribution in [-0.4, -0.2) is 47.3 Å². The van der Waals surface area contributed by atoms with E-state index in [1.165, 1.54) is 22.5 Å². The van der Waals surface area contributed by atoms with E-state index < -0.39 is 20.0 Å². The van der Waals surface area contributed by atoms with E-state index in [0.29, 0.717) is 13.1 Å². The van der Waals surface area contributed by atoms with Crippen molar-refractivity contribution in [3.05, 3.63) is 24.3 Å². The van der Waals surface area contributed by atoms with Gasteiger partial charge in [-0.1, -0.05) is 6.07 Å². The molecule has 0 amide bonds. The average Bonchev–Trinajstić information content (AvgIpc) is 2.46. The lowest BCUT2D eigenvalue weighted by atomic mass is 10.1. The zero-order valence-electron chi connectivity index (χ0n) is 11.7. The van der Waals surface area contributed by atoms with Crippen LogP contribution in [-0.2, 0) is 20.0 Å². The molecule has 0 aromatic heterocycles. The van der Waals surface area contributed by atoms with E-state index in [-0.39, 0.29) is 15.8 Å². The SMILES string of the molecule is CN[C@@H]1CCCN(S(=O)(=O)c2cccc(S(N)(=O)=O)c2)C1. The maximum atomic E-state index is 12.6. The topological polar surface area (TPSA) is 110 Å². The van der Waals surface area contributed by atoms with Gasteiger partial charge < -0.3 is 5.32 Å². The van der Waals surface area contributed by atoms with Gasteiger partial charge in [-0.05, 0) is 38.1 Å². The largest absolute Gasteiger partial charge is 0.316 e. The number of hydrogen-bond donors (Lipinski definition) is 2. The summed E-state index contributed by atoms with van der Waals surface area (Å²) in [7, 11) is -5.85. The van der Waals surface area contributed by atoms with Gasteiger partial charge in [0.05, 0.1) is 9.79 Å². The molecule has 0 aliphatic carbocycles. The molecule has 1 fully saturated rings. The van der Waals surface area contributed by atoms with Gasteiger partial charge in [-0.3, -0.25) is 0 Å². The summed E-state index contributed by atoms with van der Waals surface area (Å²) < 4.78 is 49.2. The second kappa shape index (κ2) is 6.01. The fourth-order valence-electron chi connectivity index (χ4n) is 2.36. The molecular weight excluding hydrogens is 314 g/mol. The van der Waals surface area contributed by atoms with Gasteiger partial charge in [-0.15, -0.1) is 0 Å². The van der Waals surface area contributed by atoms with Crippen molar-refractivity contribution in [1.29, 1.82) is 0 Å². The van der Waals surface area contributed by atoms with Crippen molar-refractivity contribution in [3.63, 3.8) is 0 Å². The second-order valence-electron chi connectivity index (χ2n) is 5.01. The Labute approximate surface area is 125 Å². The van der Waals surface area contributed by atoms with Gasteiger partial charge in [-0.2, -0.15) is 4.31 Å². The summed E-state index contributed by atoms with van der Waals surface area (Å²) in [6, 6.07) is 5.25. The van der Waals surface area contributed by atoms with Gasteiger partial charge in [0.2, 0.25) is 20.0 Å². The number of likely N-dealkylation sites (N-methyl/N-ethyl adjacent to an activating group) is 1. The van der Waals surface area contributed by atoms with E-state index in [9.17, 15) is 16.8 Å². The number of sulfonamides is 2. The molecule has 1 aliphatic heterocycles. The minimum Gasteiger partial charge on any atom is -0.316 e. The van der Waals surface area contributed by atoms with E-state index in [1.54, 1.807) is 7.05 Å². The van der Waals surface area contributed by atoms with Crippen LogP contribution in [0.5, 0.6) is 0 Å². The molecule has 0 bridgehead atoms. The van der Waals surface area contributed by atoms with Crippen LogP contribution in [0.25, 0.3) is 0 Å². The van der Waals surface area contributed by atoms with Crippen LogP contribution in [0.1, 0.15) is 12.8 Å². The molecule has 1 atom stereocenters. The molecule has 0 unspecified atom stereocenters. The Kier molecular flexibility index (Phi) is 4.69. The Bertz CT molecular complexity index is 716. The number of hydrogen-bond acceptors (Lipinski definition) is 5. The molecule has 1 aliphatic rings. The molecular formula is C12H19N3O4S2. The fourth-order valence-corrected chi connectivity index (χ4v) is 4.56. The van der Waals surface area contributed by atoms with Crippen molar-refractivity contribution < 1.29 is 16.8 Å². The van der Waals surface area contributed by atoms with E-state index in [0.717, 1.165) is 18.9 Å². The Morgan fingerprint density at radius 1 is 1.24 bits per heavy atom. The van der Waals surface area contributed by atoms with E-state index in [1.807, 2.05) is 0 Å². The first-order valence-corrected chi connectivity index (χ1v) is 9.54. The summed E-state index contributed by atoms with van der Waals surface area (Å²) >= 11 is 0. The number of benzene rings is 1. The van der Waals surface area contributed by atoms with Crippen LogP contribution < -0.4 is 10.5 Å². The van der Waals surface area contributed by atoms with Crippen LogP contribution in [0, 0.1) is 0 Å². The van der Waals surface area contributed by atoms with Crippen LogP contribution in [0.4, 0.5) is 0 Å². The predicted molar refractivity (Wildman–Crippen MR) is 78.7 cm³/mol. The van der Waals surface area contributed by atoms with Crippen molar-refractivity contribution in [2.75, 3.05) is 20.1 Å². The van der Waals surface area contributed by atoms with E-state index >= 15 is 0 Å². The molecule has 118 valence electrons. The number of nitrogens with two attached hydrogens (primary N) is 1. The van der Waals surface area contributed by atoms with Gasteiger partial charge in [0, 0.05) is 19.1 Å². The van der Waals surface area contributed by atoms with Crippen LogP contribution >= 0.6 is 0 Å². The number of primary sulfonamides is 1. The zero-order valence-corrected chi connectivity index (χ0v) is 13.3. The van der Waals surface area contributed by atoms with Crippen molar-refractivity contribution in [2.24, 2.45) is 5.14 Å². The summed E-state index contributed by atoms with van der Waals surface area (Å²) in [5, 5.41) is 8.12. The van der Waals surface area contributed by atoms with Crippen molar-refractivity contribution in [2.45, 2.75) is 28.7 Å².